The number of likely N-dealkylation sites (tertiary alicyclic amines) is 1. The zero-order chi connectivity index (χ0) is 22.8. The maximum absolute atomic E-state index is 13.5. The van der Waals surface area contributed by atoms with Crippen LogP contribution in [0.1, 0.15) is 22.3 Å². The first-order valence-electron chi connectivity index (χ1n) is 10.2. The van der Waals surface area contributed by atoms with Crippen LogP contribution in [0.4, 0.5) is 4.39 Å². The van der Waals surface area contributed by atoms with Gasteiger partial charge in [-0.3, -0.25) is 9.59 Å². The van der Waals surface area contributed by atoms with E-state index in [1.54, 1.807) is 34.1 Å². The van der Waals surface area contributed by atoms with E-state index < -0.39 is 0 Å². The predicted octanol–water partition coefficient (Wildman–Crippen LogP) is 3.88. The van der Waals surface area contributed by atoms with Crippen LogP contribution in [0.25, 0.3) is 0 Å². The molecule has 6 nitrogen and oxygen atoms in total. The van der Waals surface area contributed by atoms with Crippen molar-refractivity contribution >= 4 is 40.7 Å². The van der Waals surface area contributed by atoms with E-state index >= 15 is 0 Å². The number of rotatable bonds is 3. The topological polar surface area (TPSA) is 76.5 Å². The summed E-state index contributed by atoms with van der Waals surface area (Å²) in [6.07, 6.45) is 0.338. The monoisotopic (exact) mass is 474 g/mol. The Morgan fingerprint density at radius 1 is 1.12 bits per heavy atom. The van der Waals surface area contributed by atoms with E-state index in [2.05, 4.69) is 5.32 Å². The molecule has 2 aromatic carbocycles. The third-order valence-corrected chi connectivity index (χ3v) is 6.29. The summed E-state index contributed by atoms with van der Waals surface area (Å²) in [7, 11) is 0. The minimum absolute atomic E-state index is 0.139. The number of halogens is 3. The summed E-state index contributed by atoms with van der Waals surface area (Å²) in [5, 5.41) is 12.2. The lowest BCUT2D eigenvalue weighted by atomic mass is 9.97. The van der Waals surface area contributed by atoms with Crippen molar-refractivity contribution in [3.63, 3.8) is 0 Å². The van der Waals surface area contributed by atoms with Gasteiger partial charge < -0.3 is 20.5 Å². The largest absolute Gasteiger partial charge is 0.378 e. The number of hydrogen-bond acceptors (Lipinski definition) is 4. The van der Waals surface area contributed by atoms with Gasteiger partial charge in [-0.05, 0) is 35.9 Å². The van der Waals surface area contributed by atoms with Gasteiger partial charge in [0.05, 0.1) is 10.0 Å². The van der Waals surface area contributed by atoms with E-state index in [9.17, 15) is 14.0 Å². The minimum atomic E-state index is -0.353. The molecule has 2 N–H and O–H groups in total. The van der Waals surface area contributed by atoms with Gasteiger partial charge in [-0.25, -0.2) is 4.39 Å². The summed E-state index contributed by atoms with van der Waals surface area (Å²) in [5.41, 5.74) is 2.24. The molecule has 0 radical (unpaired) electrons. The summed E-state index contributed by atoms with van der Waals surface area (Å²) in [5.74, 6) is -0.854. The lowest BCUT2D eigenvalue weighted by Crippen LogP contribution is -2.49. The van der Waals surface area contributed by atoms with Gasteiger partial charge in [0.2, 0.25) is 0 Å². The van der Waals surface area contributed by atoms with Gasteiger partial charge in [0, 0.05) is 56.0 Å². The highest BCUT2D eigenvalue weighted by atomic mass is 35.5. The molecule has 166 valence electrons. The molecule has 32 heavy (non-hydrogen) atoms. The quantitative estimate of drug-likeness (QED) is 0.662. The fourth-order valence-corrected chi connectivity index (χ4v) is 4.17. The highest BCUT2D eigenvalue weighted by Crippen LogP contribution is 2.25. The van der Waals surface area contributed by atoms with E-state index in [0.717, 1.165) is 0 Å². The first kappa shape index (κ1) is 22.3. The smallest absolute Gasteiger partial charge is 0.270 e. The average Bonchev–Trinajstić information content (AvgIpc) is 2.77. The molecule has 2 aliphatic heterocycles. The first-order chi connectivity index (χ1) is 15.3. The molecule has 2 aromatic rings. The fraction of sp³-hybridized carbons (Fsp3) is 0.261. The second-order valence-corrected chi connectivity index (χ2v) is 8.54. The van der Waals surface area contributed by atoms with Gasteiger partial charge >= 0.3 is 0 Å². The molecule has 0 aromatic heterocycles. The Morgan fingerprint density at radius 2 is 1.94 bits per heavy atom. The van der Waals surface area contributed by atoms with Crippen LogP contribution in [0.3, 0.4) is 0 Å². The van der Waals surface area contributed by atoms with E-state index in [4.69, 9.17) is 28.6 Å². The Hall–Kier alpha value is -2.90. The summed E-state index contributed by atoms with van der Waals surface area (Å²) in [6.45, 7) is 1.75. The van der Waals surface area contributed by atoms with E-state index in [1.165, 1.54) is 18.2 Å². The average molecular weight is 475 g/mol. The number of hydrogen-bond donors (Lipinski definition) is 2. The number of nitrogens with one attached hydrogen (secondary N) is 2. The molecule has 0 unspecified atom stereocenters. The number of piperidine rings is 1. The van der Waals surface area contributed by atoms with Crippen molar-refractivity contribution in [3.05, 3.63) is 80.7 Å². The SMILES string of the molecule is N=C1CCN(C(=O)c2ccc(Cl)c(Cl)c2)C/C1=C1/NCCN(Cc2cccc(F)c2)C1=O. The Morgan fingerprint density at radius 3 is 2.69 bits per heavy atom. The highest BCUT2D eigenvalue weighted by molar-refractivity contribution is 6.42. The van der Waals surface area contributed by atoms with Gasteiger partial charge in [-0.1, -0.05) is 35.3 Å². The molecule has 0 saturated carbocycles. The lowest BCUT2D eigenvalue weighted by molar-refractivity contribution is -0.129. The molecule has 4 rings (SSSR count). The van der Waals surface area contributed by atoms with E-state index in [-0.39, 0.29) is 35.7 Å². The van der Waals surface area contributed by atoms with Gasteiger partial charge in [0.25, 0.3) is 11.8 Å². The second-order valence-electron chi connectivity index (χ2n) is 7.72. The summed E-state index contributed by atoms with van der Waals surface area (Å²) in [4.78, 5) is 29.4. The standard InChI is InChI=1S/C23H21Cl2FN4O2/c24-18-5-4-15(11-19(18)25)22(31)29-8-6-20(27)17(13-29)21-23(32)30(9-7-28-21)12-14-2-1-3-16(26)10-14/h1-5,10-11,27-28H,6-9,12-13H2/b21-17-,27-20?. The number of carbonyl (C=O) groups is 2. The van der Waals surface area contributed by atoms with Gasteiger partial charge in [-0.15, -0.1) is 0 Å². The first-order valence-corrected chi connectivity index (χ1v) is 10.9. The van der Waals surface area contributed by atoms with Crippen LogP contribution in [0.2, 0.25) is 10.0 Å². The molecule has 0 aliphatic carbocycles. The normalized spacial score (nSPS) is 19.2. The second kappa shape index (κ2) is 9.30. The highest BCUT2D eigenvalue weighted by Gasteiger charge is 2.32. The summed E-state index contributed by atoms with van der Waals surface area (Å²) in [6, 6.07) is 10.8. The third-order valence-electron chi connectivity index (χ3n) is 5.55. The zero-order valence-electron chi connectivity index (χ0n) is 17.1. The van der Waals surface area contributed by atoms with E-state index in [0.29, 0.717) is 59.2 Å². The fourth-order valence-electron chi connectivity index (χ4n) is 3.87. The van der Waals surface area contributed by atoms with E-state index in [1.807, 2.05) is 0 Å². The van der Waals surface area contributed by atoms with Crippen molar-refractivity contribution in [3.8, 4) is 0 Å². The molecule has 2 saturated heterocycles. The van der Waals surface area contributed by atoms with Crippen molar-refractivity contribution in [2.24, 2.45) is 0 Å². The van der Waals surface area contributed by atoms with Crippen LogP contribution < -0.4 is 5.32 Å². The van der Waals surface area contributed by atoms with Crippen molar-refractivity contribution in [1.29, 1.82) is 5.41 Å². The Balaban J connectivity index is 1.56. The van der Waals surface area contributed by atoms with Crippen LogP contribution in [-0.2, 0) is 11.3 Å². The molecule has 0 bridgehead atoms. The third kappa shape index (κ3) is 4.64. The zero-order valence-corrected chi connectivity index (χ0v) is 18.6. The predicted molar refractivity (Wildman–Crippen MR) is 122 cm³/mol. The van der Waals surface area contributed by atoms with Crippen LogP contribution in [-0.4, -0.2) is 53.5 Å². The molecule has 2 fully saturated rings. The van der Waals surface area contributed by atoms with Crippen molar-refractivity contribution in [2.45, 2.75) is 13.0 Å². The van der Waals surface area contributed by atoms with Crippen molar-refractivity contribution in [2.75, 3.05) is 26.2 Å². The maximum Gasteiger partial charge on any atom is 0.270 e. The van der Waals surface area contributed by atoms with Crippen LogP contribution >= 0.6 is 23.2 Å². The number of amides is 2. The van der Waals surface area contributed by atoms with Crippen molar-refractivity contribution in [1.82, 2.24) is 15.1 Å². The van der Waals surface area contributed by atoms with Gasteiger partial charge in [0.1, 0.15) is 11.5 Å². The van der Waals surface area contributed by atoms with Crippen LogP contribution in [0.5, 0.6) is 0 Å². The molecule has 9 heteroatoms. The lowest BCUT2D eigenvalue weighted by Gasteiger charge is -2.35. The number of carbonyl (C=O) groups excluding carboxylic acids is 2. The molecular weight excluding hydrogens is 454 g/mol. The minimum Gasteiger partial charge on any atom is -0.378 e. The maximum atomic E-state index is 13.5. The summed E-state index contributed by atoms with van der Waals surface area (Å²) >= 11 is 12.0. The Labute approximate surface area is 195 Å². The van der Waals surface area contributed by atoms with Gasteiger partial charge in [0.15, 0.2) is 0 Å². The Bertz CT molecular complexity index is 1130. The van der Waals surface area contributed by atoms with Crippen LogP contribution in [0, 0.1) is 11.2 Å². The van der Waals surface area contributed by atoms with Crippen LogP contribution in [0.15, 0.2) is 53.7 Å². The van der Waals surface area contributed by atoms with Gasteiger partial charge in [-0.2, -0.15) is 0 Å². The molecule has 2 aliphatic rings. The van der Waals surface area contributed by atoms with Crippen molar-refractivity contribution < 1.29 is 14.0 Å². The summed E-state index contributed by atoms with van der Waals surface area (Å²) < 4.78 is 13.5. The Kier molecular flexibility index (Phi) is 6.48. The molecule has 2 heterocycles. The number of benzene rings is 2. The molecule has 2 amide bonds. The molecule has 0 atom stereocenters. The number of nitrogens with zero attached hydrogens (tertiary/aromatic N) is 2. The molecule has 0 spiro atoms. The number of piperazine rings is 1. The molecular formula is C23H21Cl2FN4O2.